The lowest BCUT2D eigenvalue weighted by atomic mass is 10.0. The summed E-state index contributed by atoms with van der Waals surface area (Å²) in [6, 6.07) is 0.681. The van der Waals surface area contributed by atoms with Gasteiger partial charge >= 0.3 is 0 Å². The van der Waals surface area contributed by atoms with Gasteiger partial charge in [0, 0.05) is 26.2 Å². The summed E-state index contributed by atoms with van der Waals surface area (Å²) in [6.45, 7) is 11.2. The minimum atomic E-state index is 0.681. The maximum Gasteiger partial charge on any atom is 0.0589 e. The standard InChI is InChI=1S/C12H24N2O/c1-11(2)10-13-12-4-6-14(7-5-12)8-9-15-3/h12-13H,1,4-10H2,2-3H3. The average molecular weight is 212 g/mol. The van der Waals surface area contributed by atoms with Crippen LogP contribution in [0.2, 0.25) is 0 Å². The third kappa shape index (κ3) is 5.30. The molecule has 0 saturated carbocycles. The van der Waals surface area contributed by atoms with Crippen molar-refractivity contribution in [3.8, 4) is 0 Å². The van der Waals surface area contributed by atoms with Gasteiger partial charge in [0.1, 0.15) is 0 Å². The quantitative estimate of drug-likeness (QED) is 0.671. The smallest absolute Gasteiger partial charge is 0.0589 e. The molecule has 3 heteroatoms. The monoisotopic (exact) mass is 212 g/mol. The van der Waals surface area contributed by atoms with Gasteiger partial charge in [0.15, 0.2) is 0 Å². The van der Waals surface area contributed by atoms with E-state index in [4.69, 9.17) is 4.74 Å². The molecule has 1 rings (SSSR count). The van der Waals surface area contributed by atoms with Crippen LogP contribution in [-0.4, -0.2) is 50.8 Å². The van der Waals surface area contributed by atoms with Crippen LogP contribution in [-0.2, 0) is 4.74 Å². The molecule has 1 fully saturated rings. The molecule has 0 unspecified atom stereocenters. The number of hydrogen-bond acceptors (Lipinski definition) is 3. The maximum absolute atomic E-state index is 5.08. The van der Waals surface area contributed by atoms with E-state index in [-0.39, 0.29) is 0 Å². The molecule has 1 heterocycles. The highest BCUT2D eigenvalue weighted by Gasteiger charge is 2.17. The average Bonchev–Trinajstić information content (AvgIpc) is 2.25. The Balaban J connectivity index is 2.09. The molecule has 0 bridgehead atoms. The Kier molecular flexibility index (Phi) is 5.91. The predicted octanol–water partition coefficient (Wildman–Crippen LogP) is 1.26. The zero-order chi connectivity index (χ0) is 11.1. The molecular weight excluding hydrogens is 188 g/mol. The first-order chi connectivity index (χ1) is 7.22. The van der Waals surface area contributed by atoms with Crippen molar-refractivity contribution >= 4 is 0 Å². The Morgan fingerprint density at radius 3 is 2.67 bits per heavy atom. The molecule has 0 aromatic rings. The van der Waals surface area contributed by atoms with Gasteiger partial charge in [-0.05, 0) is 32.9 Å². The van der Waals surface area contributed by atoms with Crippen LogP contribution >= 0.6 is 0 Å². The van der Waals surface area contributed by atoms with E-state index in [1.807, 2.05) is 0 Å². The van der Waals surface area contributed by atoms with E-state index in [1.165, 1.54) is 31.5 Å². The van der Waals surface area contributed by atoms with Crippen LogP contribution in [0.4, 0.5) is 0 Å². The number of ether oxygens (including phenoxy) is 1. The van der Waals surface area contributed by atoms with Crippen LogP contribution in [0, 0.1) is 0 Å². The van der Waals surface area contributed by atoms with Crippen molar-refractivity contribution in [1.82, 2.24) is 10.2 Å². The summed E-state index contributed by atoms with van der Waals surface area (Å²) in [5.74, 6) is 0. The third-order valence-corrected chi connectivity index (χ3v) is 2.89. The van der Waals surface area contributed by atoms with Crippen LogP contribution in [0.1, 0.15) is 19.8 Å². The highest BCUT2D eigenvalue weighted by atomic mass is 16.5. The zero-order valence-electron chi connectivity index (χ0n) is 10.1. The van der Waals surface area contributed by atoms with Crippen LogP contribution in [0.5, 0.6) is 0 Å². The van der Waals surface area contributed by atoms with E-state index >= 15 is 0 Å². The fourth-order valence-electron chi connectivity index (χ4n) is 1.90. The molecule has 0 aromatic carbocycles. The lowest BCUT2D eigenvalue weighted by Gasteiger charge is -2.32. The first kappa shape index (κ1) is 12.7. The SMILES string of the molecule is C=C(C)CNC1CCN(CCOC)CC1. The number of hydrogen-bond donors (Lipinski definition) is 1. The molecular formula is C12H24N2O. The van der Waals surface area contributed by atoms with Crippen LogP contribution < -0.4 is 5.32 Å². The summed E-state index contributed by atoms with van der Waals surface area (Å²) in [4.78, 5) is 2.47. The molecule has 0 aliphatic carbocycles. The summed E-state index contributed by atoms with van der Waals surface area (Å²) >= 11 is 0. The second-order valence-corrected chi connectivity index (χ2v) is 4.45. The Morgan fingerprint density at radius 1 is 1.47 bits per heavy atom. The highest BCUT2D eigenvalue weighted by molar-refractivity contribution is 4.92. The predicted molar refractivity (Wildman–Crippen MR) is 64.2 cm³/mol. The van der Waals surface area contributed by atoms with Gasteiger partial charge in [-0.3, -0.25) is 0 Å². The van der Waals surface area contributed by atoms with Gasteiger partial charge in [-0.25, -0.2) is 0 Å². The summed E-state index contributed by atoms with van der Waals surface area (Å²) in [5.41, 5.74) is 1.22. The van der Waals surface area contributed by atoms with Crippen LogP contribution in [0.3, 0.4) is 0 Å². The minimum Gasteiger partial charge on any atom is -0.383 e. The van der Waals surface area contributed by atoms with Crippen molar-refractivity contribution in [3.63, 3.8) is 0 Å². The van der Waals surface area contributed by atoms with Gasteiger partial charge in [-0.1, -0.05) is 12.2 Å². The van der Waals surface area contributed by atoms with Crippen LogP contribution in [0.25, 0.3) is 0 Å². The Morgan fingerprint density at radius 2 is 2.13 bits per heavy atom. The van der Waals surface area contributed by atoms with E-state index in [9.17, 15) is 0 Å². The molecule has 1 N–H and O–H groups in total. The van der Waals surface area contributed by atoms with Crippen molar-refractivity contribution in [2.75, 3.05) is 39.9 Å². The third-order valence-electron chi connectivity index (χ3n) is 2.89. The van der Waals surface area contributed by atoms with Crippen molar-refractivity contribution < 1.29 is 4.74 Å². The molecule has 0 aromatic heterocycles. The lowest BCUT2D eigenvalue weighted by molar-refractivity contribution is 0.126. The molecule has 3 nitrogen and oxygen atoms in total. The number of nitrogens with zero attached hydrogens (tertiary/aromatic N) is 1. The van der Waals surface area contributed by atoms with E-state index in [1.54, 1.807) is 7.11 Å². The van der Waals surface area contributed by atoms with Gasteiger partial charge in [-0.15, -0.1) is 0 Å². The van der Waals surface area contributed by atoms with E-state index in [2.05, 4.69) is 23.7 Å². The normalized spacial score (nSPS) is 19.3. The van der Waals surface area contributed by atoms with Crippen molar-refractivity contribution in [1.29, 1.82) is 0 Å². The van der Waals surface area contributed by atoms with Crippen molar-refractivity contribution in [3.05, 3.63) is 12.2 Å². The zero-order valence-corrected chi connectivity index (χ0v) is 10.1. The van der Waals surface area contributed by atoms with Gasteiger partial charge in [0.2, 0.25) is 0 Å². The second kappa shape index (κ2) is 6.99. The molecule has 1 saturated heterocycles. The summed E-state index contributed by atoms with van der Waals surface area (Å²) < 4.78 is 5.08. The topological polar surface area (TPSA) is 24.5 Å². The molecule has 88 valence electrons. The van der Waals surface area contributed by atoms with Crippen molar-refractivity contribution in [2.45, 2.75) is 25.8 Å². The number of methoxy groups -OCH3 is 1. The molecule has 1 aliphatic rings. The van der Waals surface area contributed by atoms with Crippen LogP contribution in [0.15, 0.2) is 12.2 Å². The molecule has 0 spiro atoms. The lowest BCUT2D eigenvalue weighted by Crippen LogP contribution is -2.43. The Hall–Kier alpha value is -0.380. The summed E-state index contributed by atoms with van der Waals surface area (Å²) in [5, 5.41) is 3.54. The number of likely N-dealkylation sites (tertiary alicyclic amines) is 1. The number of rotatable bonds is 6. The fraction of sp³-hybridized carbons (Fsp3) is 0.833. The molecule has 1 aliphatic heterocycles. The number of nitrogens with one attached hydrogen (secondary N) is 1. The largest absolute Gasteiger partial charge is 0.383 e. The van der Waals surface area contributed by atoms with Gasteiger partial charge < -0.3 is 15.0 Å². The second-order valence-electron chi connectivity index (χ2n) is 4.45. The van der Waals surface area contributed by atoms with E-state index in [0.717, 1.165) is 19.7 Å². The van der Waals surface area contributed by atoms with Gasteiger partial charge in [0.25, 0.3) is 0 Å². The highest BCUT2D eigenvalue weighted by Crippen LogP contribution is 2.09. The minimum absolute atomic E-state index is 0.681. The summed E-state index contributed by atoms with van der Waals surface area (Å²) in [7, 11) is 1.77. The maximum atomic E-state index is 5.08. The fourth-order valence-corrected chi connectivity index (χ4v) is 1.90. The number of piperidine rings is 1. The first-order valence-electron chi connectivity index (χ1n) is 5.81. The van der Waals surface area contributed by atoms with E-state index in [0.29, 0.717) is 6.04 Å². The molecule has 0 amide bonds. The Bertz CT molecular complexity index is 186. The van der Waals surface area contributed by atoms with Crippen molar-refractivity contribution in [2.24, 2.45) is 0 Å². The van der Waals surface area contributed by atoms with Gasteiger partial charge in [0.05, 0.1) is 6.61 Å². The first-order valence-corrected chi connectivity index (χ1v) is 5.81. The van der Waals surface area contributed by atoms with Gasteiger partial charge in [-0.2, -0.15) is 0 Å². The summed E-state index contributed by atoms with van der Waals surface area (Å²) in [6.07, 6.45) is 2.49. The molecule has 0 radical (unpaired) electrons. The Labute approximate surface area is 93.5 Å². The molecule has 15 heavy (non-hydrogen) atoms. The molecule has 0 atom stereocenters. The van der Waals surface area contributed by atoms with E-state index < -0.39 is 0 Å².